The summed E-state index contributed by atoms with van der Waals surface area (Å²) < 4.78 is 5.80. The summed E-state index contributed by atoms with van der Waals surface area (Å²) in [5.41, 5.74) is 0.815. The van der Waals surface area contributed by atoms with Gasteiger partial charge in [0.05, 0.1) is 18.3 Å². The van der Waals surface area contributed by atoms with Crippen molar-refractivity contribution < 1.29 is 9.84 Å². The van der Waals surface area contributed by atoms with E-state index < -0.39 is 5.60 Å². The van der Waals surface area contributed by atoms with Gasteiger partial charge in [-0.1, -0.05) is 48.0 Å². The van der Waals surface area contributed by atoms with Gasteiger partial charge in [0.15, 0.2) is 0 Å². The highest BCUT2D eigenvalue weighted by Gasteiger charge is 2.76. The Morgan fingerprint density at radius 2 is 1.39 bits per heavy atom. The van der Waals surface area contributed by atoms with Crippen molar-refractivity contribution in [3.8, 4) is 0 Å². The van der Waals surface area contributed by atoms with Crippen molar-refractivity contribution in [1.29, 1.82) is 0 Å². The summed E-state index contributed by atoms with van der Waals surface area (Å²) in [7, 11) is 0. The topological polar surface area (TPSA) is 32.8 Å². The molecule has 0 aromatic carbocycles. The number of aliphatic hydroxyl groups is 1. The summed E-state index contributed by atoms with van der Waals surface area (Å²) in [4.78, 5) is 0. The zero-order valence-corrected chi connectivity index (χ0v) is 21.2. The van der Waals surface area contributed by atoms with E-state index in [0.29, 0.717) is 28.8 Å². The minimum atomic E-state index is -0.509. The lowest BCUT2D eigenvalue weighted by Gasteiger charge is -2.75. The number of fused-ring (bicyclic) bond motifs is 7. The van der Waals surface area contributed by atoms with Crippen LogP contribution in [0.4, 0.5) is 0 Å². The van der Waals surface area contributed by atoms with E-state index in [1.54, 1.807) is 0 Å². The van der Waals surface area contributed by atoms with Crippen molar-refractivity contribution in [2.75, 3.05) is 6.61 Å². The number of epoxide rings is 1. The van der Waals surface area contributed by atoms with Gasteiger partial charge in [0.25, 0.3) is 0 Å². The number of hydrogen-bond donors (Lipinski definition) is 1. The molecule has 1 heterocycles. The molecule has 0 bridgehead atoms. The highest BCUT2D eigenvalue weighted by molar-refractivity contribution is 5.25. The van der Waals surface area contributed by atoms with Crippen LogP contribution in [0.5, 0.6) is 0 Å². The van der Waals surface area contributed by atoms with Crippen molar-refractivity contribution in [3.63, 3.8) is 0 Å². The molecule has 6 fully saturated rings. The van der Waals surface area contributed by atoms with Crippen molar-refractivity contribution in [3.05, 3.63) is 0 Å². The van der Waals surface area contributed by atoms with Gasteiger partial charge in [-0.15, -0.1) is 0 Å². The van der Waals surface area contributed by atoms with Crippen LogP contribution in [0.25, 0.3) is 0 Å². The average Bonchev–Trinajstić information content (AvgIpc) is 3.46. The van der Waals surface area contributed by atoms with E-state index in [-0.39, 0.29) is 16.2 Å². The zero-order valence-electron chi connectivity index (χ0n) is 21.2. The molecule has 5 aliphatic carbocycles. The average molecular weight is 429 g/mol. The molecule has 6 rings (SSSR count). The molecule has 0 spiro atoms. The van der Waals surface area contributed by atoms with Crippen LogP contribution >= 0.6 is 0 Å². The Hall–Kier alpha value is -0.0800. The molecular formula is C29H48O2. The van der Waals surface area contributed by atoms with E-state index in [1.807, 2.05) is 0 Å². The molecule has 2 heteroatoms. The Labute approximate surface area is 191 Å². The largest absolute Gasteiger partial charge is 0.389 e. The Bertz CT molecular complexity index is 771. The first kappa shape index (κ1) is 21.5. The second-order valence-electron chi connectivity index (χ2n) is 14.8. The molecule has 2 nitrogen and oxygen atoms in total. The number of hydrogen-bond acceptors (Lipinski definition) is 2. The molecule has 10 atom stereocenters. The lowest BCUT2D eigenvalue weighted by molar-refractivity contribution is -0.312. The highest BCUT2D eigenvalue weighted by Crippen LogP contribution is 2.79. The molecule has 1 N–H and O–H groups in total. The third-order valence-corrected chi connectivity index (χ3v) is 13.8. The van der Waals surface area contributed by atoms with Gasteiger partial charge < -0.3 is 9.84 Å². The van der Waals surface area contributed by atoms with Gasteiger partial charge in [-0.05, 0) is 104 Å². The minimum absolute atomic E-state index is 0.0447. The van der Waals surface area contributed by atoms with Gasteiger partial charge in [0, 0.05) is 10.8 Å². The maximum atomic E-state index is 12.8. The lowest BCUT2D eigenvalue weighted by atomic mass is 9.30. The third kappa shape index (κ3) is 2.34. The minimum Gasteiger partial charge on any atom is -0.389 e. The van der Waals surface area contributed by atoms with Gasteiger partial charge in [-0.3, -0.25) is 0 Å². The van der Waals surface area contributed by atoms with E-state index in [1.165, 1.54) is 64.2 Å². The van der Waals surface area contributed by atoms with E-state index >= 15 is 0 Å². The smallest absolute Gasteiger partial charge is 0.0840 e. The molecule has 0 radical (unpaired) electrons. The maximum Gasteiger partial charge on any atom is 0.0840 e. The van der Waals surface area contributed by atoms with E-state index in [9.17, 15) is 5.11 Å². The molecule has 1 aliphatic heterocycles. The van der Waals surface area contributed by atoms with Crippen LogP contribution in [0.3, 0.4) is 0 Å². The first-order valence-corrected chi connectivity index (χ1v) is 13.8. The second-order valence-corrected chi connectivity index (χ2v) is 14.8. The van der Waals surface area contributed by atoms with Crippen LogP contribution in [-0.4, -0.2) is 23.4 Å². The van der Waals surface area contributed by atoms with Crippen molar-refractivity contribution in [2.24, 2.45) is 50.7 Å². The summed E-state index contributed by atoms with van der Waals surface area (Å²) in [5.74, 6) is 3.00. The van der Waals surface area contributed by atoms with Gasteiger partial charge in [0.1, 0.15) is 0 Å². The van der Waals surface area contributed by atoms with Crippen molar-refractivity contribution in [1.82, 2.24) is 0 Å². The van der Waals surface area contributed by atoms with E-state index in [4.69, 9.17) is 4.74 Å². The fourth-order valence-corrected chi connectivity index (χ4v) is 12.0. The summed E-state index contributed by atoms with van der Waals surface area (Å²) in [6, 6.07) is 0. The molecule has 0 amide bonds. The highest BCUT2D eigenvalue weighted by atomic mass is 16.6. The Balaban J connectivity index is 1.41. The number of ether oxygens (including phenoxy) is 1. The third-order valence-electron chi connectivity index (χ3n) is 13.8. The fourth-order valence-electron chi connectivity index (χ4n) is 12.0. The number of rotatable bonds is 1. The Kier molecular flexibility index (Phi) is 4.24. The molecule has 176 valence electrons. The summed E-state index contributed by atoms with van der Waals surface area (Å²) in [6.07, 6.45) is 14.7. The first-order chi connectivity index (χ1) is 14.4. The van der Waals surface area contributed by atoms with Crippen molar-refractivity contribution >= 4 is 0 Å². The molecule has 5 saturated carbocycles. The first-order valence-electron chi connectivity index (χ1n) is 13.8. The Morgan fingerprint density at radius 1 is 0.710 bits per heavy atom. The predicted molar refractivity (Wildman–Crippen MR) is 126 cm³/mol. The normalized spacial score (nSPS) is 62.2. The van der Waals surface area contributed by atoms with Gasteiger partial charge >= 0.3 is 0 Å². The standard InChI is InChI=1S/C29H48O2/c1-24(2)12-7-13-25(3)22(24)10-15-27(5)23(25)11-17-29(30)26(4)14-8-19(21-18-31-21)20(26)9-16-28(27,29)6/h19-23,30H,7-18H2,1-6H3. The molecule has 31 heavy (non-hydrogen) atoms. The van der Waals surface area contributed by atoms with Crippen LogP contribution in [0.1, 0.15) is 112 Å². The Morgan fingerprint density at radius 3 is 2.10 bits per heavy atom. The van der Waals surface area contributed by atoms with Gasteiger partial charge in [-0.2, -0.15) is 0 Å². The summed E-state index contributed by atoms with van der Waals surface area (Å²) in [6.45, 7) is 16.5. The monoisotopic (exact) mass is 428 g/mol. The molecular weight excluding hydrogens is 380 g/mol. The summed E-state index contributed by atoms with van der Waals surface area (Å²) in [5, 5.41) is 12.8. The molecule has 0 aromatic rings. The van der Waals surface area contributed by atoms with Crippen LogP contribution in [0.2, 0.25) is 0 Å². The molecule has 10 unspecified atom stereocenters. The van der Waals surface area contributed by atoms with E-state index in [0.717, 1.165) is 24.9 Å². The van der Waals surface area contributed by atoms with Crippen LogP contribution in [0.15, 0.2) is 0 Å². The van der Waals surface area contributed by atoms with E-state index in [2.05, 4.69) is 41.5 Å². The molecule has 6 aliphatic rings. The SMILES string of the molecule is CC1(C)CCCC2(C)C1CCC1(C)C2CCC2(O)C3(C)CCC(C4CO4)C3CCC12C. The maximum absolute atomic E-state index is 12.8. The van der Waals surface area contributed by atoms with Crippen LogP contribution in [0, 0.1) is 50.7 Å². The molecule has 1 saturated heterocycles. The quantitative estimate of drug-likeness (QED) is 0.456. The fraction of sp³-hybridized carbons (Fsp3) is 1.00. The second kappa shape index (κ2) is 6.12. The van der Waals surface area contributed by atoms with Crippen LogP contribution in [-0.2, 0) is 4.74 Å². The predicted octanol–water partition coefficient (Wildman–Crippen LogP) is 6.99. The summed E-state index contributed by atoms with van der Waals surface area (Å²) >= 11 is 0. The zero-order chi connectivity index (χ0) is 22.1. The van der Waals surface area contributed by atoms with Crippen molar-refractivity contribution in [2.45, 2.75) is 124 Å². The van der Waals surface area contributed by atoms with Gasteiger partial charge in [0.2, 0.25) is 0 Å². The van der Waals surface area contributed by atoms with Crippen LogP contribution < -0.4 is 0 Å². The molecule has 0 aromatic heterocycles. The van der Waals surface area contributed by atoms with Gasteiger partial charge in [-0.25, -0.2) is 0 Å². The lowest BCUT2D eigenvalue weighted by Crippen LogP contribution is -2.73.